The van der Waals surface area contributed by atoms with Gasteiger partial charge in [-0.1, -0.05) is 64.8 Å². The fourth-order valence-electron chi connectivity index (χ4n) is 6.86. The molecule has 3 rings (SSSR count). The Morgan fingerprint density at radius 3 is 1.50 bits per heavy atom. The normalized spacial score (nSPS) is 40.7. The summed E-state index contributed by atoms with van der Waals surface area (Å²) in [5, 5.41) is 0. The molecule has 3 aliphatic rings. The van der Waals surface area contributed by atoms with Gasteiger partial charge in [-0.3, -0.25) is 9.80 Å². The standard InChI is InChI=1S/C26H46N2/c1-17(2)26-27(15-24-20(5)11-18(3)12-21(24)6)9-10-28(26)16-25-22(7)13-19(4)14-23(25)8/h11,13,17,20-26H,9-10,12,14-16H2,1-8H3/t20-,21-,22+,23+,24-,25+,26?. The first-order valence-electron chi connectivity index (χ1n) is 12.0. The summed E-state index contributed by atoms with van der Waals surface area (Å²) in [7, 11) is 0. The summed E-state index contributed by atoms with van der Waals surface area (Å²) < 4.78 is 0. The van der Waals surface area contributed by atoms with Gasteiger partial charge in [0.1, 0.15) is 0 Å². The fraction of sp³-hybridized carbons (Fsp3) is 0.846. The summed E-state index contributed by atoms with van der Waals surface area (Å²) in [6.07, 6.45) is 8.30. The van der Waals surface area contributed by atoms with Gasteiger partial charge in [0.25, 0.3) is 0 Å². The molecule has 0 aromatic rings. The van der Waals surface area contributed by atoms with Crippen LogP contribution in [0.25, 0.3) is 0 Å². The van der Waals surface area contributed by atoms with Crippen LogP contribution in [-0.4, -0.2) is 42.1 Å². The number of nitrogens with zero attached hydrogens (tertiary/aromatic N) is 2. The predicted octanol–water partition coefficient (Wildman–Crippen LogP) is 6.06. The van der Waals surface area contributed by atoms with E-state index in [0.29, 0.717) is 12.1 Å². The summed E-state index contributed by atoms with van der Waals surface area (Å²) >= 11 is 0. The number of hydrogen-bond donors (Lipinski definition) is 0. The zero-order valence-electron chi connectivity index (χ0n) is 19.9. The number of hydrogen-bond acceptors (Lipinski definition) is 2. The molecule has 0 spiro atoms. The van der Waals surface area contributed by atoms with E-state index in [4.69, 9.17) is 0 Å². The van der Waals surface area contributed by atoms with Crippen molar-refractivity contribution in [3.05, 3.63) is 23.3 Å². The first-order valence-corrected chi connectivity index (χ1v) is 12.0. The summed E-state index contributed by atoms with van der Waals surface area (Å²) in [4.78, 5) is 5.69. The minimum atomic E-state index is 0.623. The third-order valence-electron chi connectivity index (χ3n) is 8.10. The van der Waals surface area contributed by atoms with Crippen LogP contribution in [0, 0.1) is 41.4 Å². The molecule has 1 unspecified atom stereocenters. The Labute approximate surface area is 175 Å². The molecule has 0 N–H and O–H groups in total. The van der Waals surface area contributed by atoms with Gasteiger partial charge in [-0.25, -0.2) is 0 Å². The van der Waals surface area contributed by atoms with Gasteiger partial charge in [0.05, 0.1) is 6.17 Å². The SMILES string of the molecule is CC1=C[C@@H](C)[C@@H](CN2CCN(C[C@H]3[C@@H](C)C=C(C)C[C@@H]3C)C2C(C)C)[C@H](C)C1. The van der Waals surface area contributed by atoms with Crippen molar-refractivity contribution in [2.75, 3.05) is 26.2 Å². The highest BCUT2D eigenvalue weighted by atomic mass is 15.4. The second kappa shape index (κ2) is 9.04. The van der Waals surface area contributed by atoms with E-state index in [9.17, 15) is 0 Å². The van der Waals surface area contributed by atoms with Crippen LogP contribution in [0.4, 0.5) is 0 Å². The maximum atomic E-state index is 2.84. The van der Waals surface area contributed by atoms with Crippen molar-refractivity contribution in [2.45, 2.75) is 74.4 Å². The highest BCUT2D eigenvalue weighted by molar-refractivity contribution is 5.10. The van der Waals surface area contributed by atoms with Crippen LogP contribution < -0.4 is 0 Å². The second-order valence-electron chi connectivity index (χ2n) is 11.1. The van der Waals surface area contributed by atoms with Gasteiger partial charge in [-0.05, 0) is 68.1 Å². The van der Waals surface area contributed by atoms with Crippen LogP contribution in [0.2, 0.25) is 0 Å². The Bertz CT molecular complexity index is 541. The molecule has 0 radical (unpaired) electrons. The maximum Gasteiger partial charge on any atom is 0.0647 e. The molecule has 160 valence electrons. The highest BCUT2D eigenvalue weighted by Crippen LogP contribution is 2.38. The van der Waals surface area contributed by atoms with E-state index >= 15 is 0 Å². The largest absolute Gasteiger partial charge is 0.286 e. The van der Waals surface area contributed by atoms with E-state index in [2.05, 4.69) is 77.3 Å². The van der Waals surface area contributed by atoms with Crippen LogP contribution in [0.3, 0.4) is 0 Å². The molecule has 0 aromatic heterocycles. The van der Waals surface area contributed by atoms with E-state index in [0.717, 1.165) is 35.5 Å². The van der Waals surface area contributed by atoms with Crippen molar-refractivity contribution in [1.29, 1.82) is 0 Å². The lowest BCUT2D eigenvalue weighted by atomic mass is 9.74. The smallest absolute Gasteiger partial charge is 0.0647 e. The maximum absolute atomic E-state index is 2.84. The molecule has 1 heterocycles. The quantitative estimate of drug-likeness (QED) is 0.530. The van der Waals surface area contributed by atoms with Crippen molar-refractivity contribution < 1.29 is 0 Å². The van der Waals surface area contributed by atoms with Gasteiger partial charge < -0.3 is 0 Å². The summed E-state index contributed by atoms with van der Waals surface area (Å²) in [6, 6.07) is 0. The molecule has 28 heavy (non-hydrogen) atoms. The van der Waals surface area contributed by atoms with Gasteiger partial charge in [-0.2, -0.15) is 0 Å². The molecule has 0 aromatic carbocycles. The molecule has 0 saturated carbocycles. The minimum absolute atomic E-state index is 0.623. The Morgan fingerprint density at radius 2 is 1.18 bits per heavy atom. The molecule has 2 aliphatic carbocycles. The van der Waals surface area contributed by atoms with Gasteiger partial charge >= 0.3 is 0 Å². The Balaban J connectivity index is 1.69. The molecule has 7 atom stereocenters. The van der Waals surface area contributed by atoms with Crippen LogP contribution in [-0.2, 0) is 0 Å². The topological polar surface area (TPSA) is 6.48 Å². The zero-order chi connectivity index (χ0) is 20.6. The van der Waals surface area contributed by atoms with Crippen molar-refractivity contribution in [1.82, 2.24) is 9.80 Å². The van der Waals surface area contributed by atoms with Crippen molar-refractivity contribution in [2.24, 2.45) is 41.4 Å². The molecule has 1 saturated heterocycles. The monoisotopic (exact) mass is 386 g/mol. The van der Waals surface area contributed by atoms with Gasteiger partial charge in [0, 0.05) is 26.2 Å². The van der Waals surface area contributed by atoms with E-state index in [-0.39, 0.29) is 0 Å². The average Bonchev–Trinajstić information content (AvgIpc) is 2.96. The van der Waals surface area contributed by atoms with Crippen LogP contribution in [0.1, 0.15) is 68.2 Å². The summed E-state index contributed by atoms with van der Waals surface area (Å²) in [5.74, 6) is 5.38. The summed E-state index contributed by atoms with van der Waals surface area (Å²) in [5.41, 5.74) is 3.20. The zero-order valence-corrected chi connectivity index (χ0v) is 19.9. The third kappa shape index (κ3) is 4.75. The first-order chi connectivity index (χ1) is 13.2. The highest BCUT2D eigenvalue weighted by Gasteiger charge is 2.40. The van der Waals surface area contributed by atoms with Crippen molar-refractivity contribution in [3.63, 3.8) is 0 Å². The lowest BCUT2D eigenvalue weighted by molar-refractivity contribution is 0.0439. The van der Waals surface area contributed by atoms with Gasteiger partial charge in [0.2, 0.25) is 0 Å². The molecular weight excluding hydrogens is 340 g/mol. The molecule has 0 bridgehead atoms. The molecular formula is C26H46N2. The van der Waals surface area contributed by atoms with E-state index in [1.54, 1.807) is 11.1 Å². The summed E-state index contributed by atoms with van der Waals surface area (Å²) in [6.45, 7) is 24.4. The third-order valence-corrected chi connectivity index (χ3v) is 8.10. The van der Waals surface area contributed by atoms with E-state index in [1.807, 2.05) is 0 Å². The molecule has 1 aliphatic heterocycles. The Kier molecular flexibility index (Phi) is 7.14. The van der Waals surface area contributed by atoms with Crippen LogP contribution in [0.5, 0.6) is 0 Å². The van der Waals surface area contributed by atoms with E-state index < -0.39 is 0 Å². The van der Waals surface area contributed by atoms with Crippen LogP contribution >= 0.6 is 0 Å². The van der Waals surface area contributed by atoms with Gasteiger partial charge in [-0.15, -0.1) is 0 Å². The minimum Gasteiger partial charge on any atom is -0.286 e. The van der Waals surface area contributed by atoms with Crippen molar-refractivity contribution in [3.8, 4) is 0 Å². The van der Waals surface area contributed by atoms with Crippen molar-refractivity contribution >= 4 is 0 Å². The first kappa shape index (κ1) is 22.1. The molecule has 1 fully saturated rings. The Morgan fingerprint density at radius 1 is 0.786 bits per heavy atom. The Hall–Kier alpha value is -0.600. The second-order valence-corrected chi connectivity index (χ2v) is 11.1. The average molecular weight is 387 g/mol. The fourth-order valence-corrected chi connectivity index (χ4v) is 6.86. The van der Waals surface area contributed by atoms with Crippen LogP contribution in [0.15, 0.2) is 23.3 Å². The van der Waals surface area contributed by atoms with Gasteiger partial charge in [0.15, 0.2) is 0 Å². The molecule has 2 heteroatoms. The molecule has 0 amide bonds. The van der Waals surface area contributed by atoms with E-state index in [1.165, 1.54) is 39.0 Å². The number of allylic oxidation sites excluding steroid dienone is 4. The number of rotatable bonds is 5. The lowest BCUT2D eigenvalue weighted by Crippen LogP contribution is -2.48. The molecule has 2 nitrogen and oxygen atoms in total. The predicted molar refractivity (Wildman–Crippen MR) is 122 cm³/mol. The lowest BCUT2D eigenvalue weighted by Gasteiger charge is -2.42.